The van der Waals surface area contributed by atoms with E-state index in [1.807, 2.05) is 49.4 Å². The average Bonchev–Trinajstić information content (AvgIpc) is 2.91. The number of hydrazone groups is 1. The fourth-order valence-electron chi connectivity index (χ4n) is 3.53. The number of rotatable bonds is 9. The lowest BCUT2D eigenvalue weighted by Gasteiger charge is -2.13. The number of hydrogen-bond donors (Lipinski definition) is 1. The number of halogens is 1. The van der Waals surface area contributed by atoms with Crippen LogP contribution in [0.2, 0.25) is 0 Å². The number of amides is 1. The topological polar surface area (TPSA) is 86.2 Å². The smallest absolute Gasteiger partial charge is 0.343 e. The lowest BCUT2D eigenvalue weighted by molar-refractivity contribution is -0.127. The van der Waals surface area contributed by atoms with Gasteiger partial charge in [-0.25, -0.2) is 10.2 Å². The average molecular weight is 561 g/mol. The molecule has 37 heavy (non-hydrogen) atoms. The highest BCUT2D eigenvalue weighted by molar-refractivity contribution is 9.10. The fourth-order valence-corrected chi connectivity index (χ4v) is 3.80. The Kier molecular flexibility index (Phi) is 8.53. The molecule has 0 saturated heterocycles. The molecule has 0 unspecified atom stereocenters. The summed E-state index contributed by atoms with van der Waals surface area (Å²) in [5.41, 5.74) is 3.44. The maximum absolute atomic E-state index is 12.8. The molecule has 188 valence electrons. The summed E-state index contributed by atoms with van der Waals surface area (Å²) in [6.07, 6.45) is 0.690. The zero-order valence-corrected chi connectivity index (χ0v) is 21.9. The Morgan fingerprint density at radius 3 is 2.38 bits per heavy atom. The predicted octanol–water partition coefficient (Wildman–Crippen LogP) is 6.14. The van der Waals surface area contributed by atoms with Crippen LogP contribution in [-0.4, -0.2) is 30.8 Å². The van der Waals surface area contributed by atoms with Gasteiger partial charge in [-0.05, 0) is 79.2 Å². The molecule has 0 bridgehead atoms. The van der Waals surface area contributed by atoms with Gasteiger partial charge in [-0.1, -0.05) is 46.3 Å². The number of nitrogens with zero attached hydrogens (tertiary/aromatic N) is 1. The van der Waals surface area contributed by atoms with Crippen LogP contribution in [0, 0.1) is 0 Å². The third-order valence-corrected chi connectivity index (χ3v) is 5.93. The summed E-state index contributed by atoms with van der Waals surface area (Å²) >= 11 is 3.37. The van der Waals surface area contributed by atoms with Gasteiger partial charge in [0.05, 0.1) is 18.4 Å². The number of carbonyl (C=O) groups excluding carboxylic acids is 2. The van der Waals surface area contributed by atoms with E-state index in [0.29, 0.717) is 35.0 Å². The van der Waals surface area contributed by atoms with Gasteiger partial charge in [-0.3, -0.25) is 4.79 Å². The first-order valence-electron chi connectivity index (χ1n) is 11.7. The third-order valence-electron chi connectivity index (χ3n) is 5.40. The second kappa shape index (κ2) is 12.2. The van der Waals surface area contributed by atoms with Crippen molar-refractivity contribution < 1.29 is 23.8 Å². The van der Waals surface area contributed by atoms with Crippen LogP contribution in [-0.2, 0) is 4.79 Å². The second-order valence-corrected chi connectivity index (χ2v) is 8.91. The van der Waals surface area contributed by atoms with Gasteiger partial charge in [-0.15, -0.1) is 0 Å². The fraction of sp³-hybridized carbons (Fsp3) is 0.138. The molecule has 0 saturated carbocycles. The van der Waals surface area contributed by atoms with Crippen LogP contribution in [0.5, 0.6) is 17.2 Å². The monoisotopic (exact) mass is 560 g/mol. The molecule has 0 aliphatic rings. The summed E-state index contributed by atoms with van der Waals surface area (Å²) in [4.78, 5) is 25.4. The number of ether oxygens (including phenoxy) is 3. The number of fused-ring (bicyclic) bond motifs is 1. The van der Waals surface area contributed by atoms with Gasteiger partial charge in [0, 0.05) is 10.0 Å². The van der Waals surface area contributed by atoms with E-state index in [0.717, 1.165) is 15.2 Å². The van der Waals surface area contributed by atoms with Crippen molar-refractivity contribution in [3.05, 3.63) is 101 Å². The molecule has 4 aromatic carbocycles. The highest BCUT2D eigenvalue weighted by atomic mass is 79.9. The molecule has 0 heterocycles. The molecular formula is C29H25BrN2O5. The Balaban J connectivity index is 1.51. The maximum atomic E-state index is 12.8. The molecule has 0 aromatic heterocycles. The van der Waals surface area contributed by atoms with Gasteiger partial charge >= 0.3 is 5.97 Å². The van der Waals surface area contributed by atoms with Gasteiger partial charge in [-0.2, -0.15) is 5.10 Å². The van der Waals surface area contributed by atoms with Gasteiger partial charge in [0.1, 0.15) is 17.2 Å². The van der Waals surface area contributed by atoms with Crippen LogP contribution in [0.1, 0.15) is 29.8 Å². The second-order valence-electron chi connectivity index (χ2n) is 7.99. The van der Waals surface area contributed by atoms with Crippen molar-refractivity contribution in [1.29, 1.82) is 0 Å². The molecule has 1 amide bonds. The number of nitrogens with one attached hydrogen (secondary N) is 1. The van der Waals surface area contributed by atoms with Crippen molar-refractivity contribution in [2.45, 2.75) is 20.0 Å². The Bertz CT molecular complexity index is 1420. The van der Waals surface area contributed by atoms with Gasteiger partial charge in [0.2, 0.25) is 0 Å². The molecule has 4 rings (SSSR count). The molecule has 0 spiro atoms. The predicted molar refractivity (Wildman–Crippen MR) is 146 cm³/mol. The lowest BCUT2D eigenvalue weighted by atomic mass is 10.0. The highest BCUT2D eigenvalue weighted by Crippen LogP contribution is 2.28. The Labute approximate surface area is 223 Å². The summed E-state index contributed by atoms with van der Waals surface area (Å²) < 4.78 is 17.7. The van der Waals surface area contributed by atoms with Crippen molar-refractivity contribution in [1.82, 2.24) is 5.43 Å². The molecule has 1 atom stereocenters. The number of hydrogen-bond acceptors (Lipinski definition) is 6. The molecular weight excluding hydrogens is 536 g/mol. The molecule has 8 heteroatoms. The maximum Gasteiger partial charge on any atom is 0.343 e. The van der Waals surface area contributed by atoms with Gasteiger partial charge < -0.3 is 14.2 Å². The number of benzene rings is 4. The normalized spacial score (nSPS) is 11.8. The van der Waals surface area contributed by atoms with Crippen LogP contribution in [0.25, 0.3) is 10.8 Å². The summed E-state index contributed by atoms with van der Waals surface area (Å²) in [6.45, 7) is 4.06. The zero-order chi connectivity index (χ0) is 26.2. The molecule has 4 aromatic rings. The quantitative estimate of drug-likeness (QED) is 0.115. The first-order chi connectivity index (χ1) is 17.9. The first-order valence-corrected chi connectivity index (χ1v) is 12.5. The minimum atomic E-state index is -0.775. The first kappa shape index (κ1) is 25.9. The van der Waals surface area contributed by atoms with Crippen molar-refractivity contribution in [2.24, 2.45) is 5.10 Å². The highest BCUT2D eigenvalue weighted by Gasteiger charge is 2.16. The largest absolute Gasteiger partial charge is 0.494 e. The van der Waals surface area contributed by atoms with Gasteiger partial charge in [0.25, 0.3) is 5.91 Å². The van der Waals surface area contributed by atoms with E-state index in [1.54, 1.807) is 49.4 Å². The van der Waals surface area contributed by atoms with E-state index in [-0.39, 0.29) is 0 Å². The van der Waals surface area contributed by atoms with E-state index in [4.69, 9.17) is 14.2 Å². The summed E-state index contributed by atoms with van der Waals surface area (Å²) in [5.74, 6) is 0.606. The van der Waals surface area contributed by atoms with E-state index in [1.165, 1.54) is 6.21 Å². The molecule has 7 nitrogen and oxygen atoms in total. The van der Waals surface area contributed by atoms with Gasteiger partial charge in [0.15, 0.2) is 6.10 Å². The van der Waals surface area contributed by atoms with Crippen molar-refractivity contribution in [2.75, 3.05) is 6.61 Å². The Hall–Kier alpha value is -4.17. The summed E-state index contributed by atoms with van der Waals surface area (Å²) in [7, 11) is 0. The van der Waals surface area contributed by atoms with Crippen LogP contribution >= 0.6 is 15.9 Å². The number of carbonyl (C=O) groups is 2. The Morgan fingerprint density at radius 1 is 0.946 bits per heavy atom. The SMILES string of the molecule is CCOc1ccc(C(=O)Oc2ccc3ccccc3c2/C=N\NC(=O)[C@@H](C)Oc2ccc(Br)cc2)cc1. The third kappa shape index (κ3) is 6.74. The summed E-state index contributed by atoms with van der Waals surface area (Å²) in [5, 5.41) is 5.87. The standard InChI is InChI=1S/C29H25BrN2O5/c1-3-35-23-13-8-21(9-14-23)29(34)37-27-17-10-20-6-4-5-7-25(20)26(27)18-31-32-28(33)19(2)36-24-15-11-22(30)12-16-24/h4-19H,3H2,1-2H3,(H,32,33)/b31-18-/t19-/m1/s1. The van der Waals surface area contributed by atoms with Crippen molar-refractivity contribution >= 4 is 44.8 Å². The van der Waals surface area contributed by atoms with Crippen molar-refractivity contribution in [3.63, 3.8) is 0 Å². The molecule has 1 N–H and O–H groups in total. The minimum absolute atomic E-state index is 0.315. The van der Waals surface area contributed by atoms with Crippen LogP contribution in [0.15, 0.2) is 94.5 Å². The zero-order valence-electron chi connectivity index (χ0n) is 20.3. The van der Waals surface area contributed by atoms with Crippen molar-refractivity contribution in [3.8, 4) is 17.2 Å². The van der Waals surface area contributed by atoms with E-state index < -0.39 is 18.0 Å². The van der Waals surface area contributed by atoms with Crippen LogP contribution in [0.4, 0.5) is 0 Å². The molecule has 0 aliphatic carbocycles. The van der Waals surface area contributed by atoms with E-state index in [2.05, 4.69) is 26.5 Å². The minimum Gasteiger partial charge on any atom is -0.494 e. The molecule has 0 aliphatic heterocycles. The van der Waals surface area contributed by atoms with Crippen LogP contribution < -0.4 is 19.6 Å². The summed E-state index contributed by atoms with van der Waals surface area (Å²) in [6, 6.07) is 25.1. The van der Waals surface area contributed by atoms with Crippen LogP contribution in [0.3, 0.4) is 0 Å². The van der Waals surface area contributed by atoms with E-state index >= 15 is 0 Å². The molecule has 0 fully saturated rings. The number of esters is 1. The molecule has 0 radical (unpaired) electrons. The van der Waals surface area contributed by atoms with E-state index in [9.17, 15) is 9.59 Å². The Morgan fingerprint density at radius 2 is 1.65 bits per heavy atom. The lowest BCUT2D eigenvalue weighted by Crippen LogP contribution is -2.33.